The van der Waals surface area contributed by atoms with Crippen molar-refractivity contribution < 1.29 is 16.8 Å². The number of sulfone groups is 2. The first-order valence-electron chi connectivity index (χ1n) is 7.30. The van der Waals surface area contributed by atoms with Crippen LogP contribution in [0.4, 0.5) is 0 Å². The quantitative estimate of drug-likeness (QED) is 0.454. The molecule has 0 aliphatic carbocycles. The first-order valence-corrected chi connectivity index (χ1v) is 13.9. The molecule has 2 aliphatic rings. The largest absolute Gasteiger partial charge is 0.356 e. The summed E-state index contributed by atoms with van der Waals surface area (Å²) in [6.45, 7) is 0. The molecule has 2 fully saturated rings. The molecule has 0 spiro atoms. The summed E-state index contributed by atoms with van der Waals surface area (Å²) < 4.78 is 47.4. The third kappa shape index (κ3) is 5.44. The van der Waals surface area contributed by atoms with Crippen LogP contribution in [0, 0.1) is 0 Å². The van der Waals surface area contributed by atoms with Crippen LogP contribution in [0.3, 0.4) is 0 Å². The summed E-state index contributed by atoms with van der Waals surface area (Å²) >= 11 is 10.7. The first kappa shape index (κ1) is 20.7. The summed E-state index contributed by atoms with van der Waals surface area (Å²) in [4.78, 5) is 3.64. The number of hydrogen-bond donors (Lipinski definition) is 0. The second kappa shape index (κ2) is 7.95. The van der Waals surface area contributed by atoms with Gasteiger partial charge in [0, 0.05) is 26.2 Å². The monoisotopic (exact) mass is 448 g/mol. The van der Waals surface area contributed by atoms with E-state index < -0.39 is 19.7 Å². The van der Waals surface area contributed by atoms with Crippen LogP contribution in [0.15, 0.2) is 0 Å². The van der Waals surface area contributed by atoms with Gasteiger partial charge in [0.25, 0.3) is 0 Å². The summed E-state index contributed by atoms with van der Waals surface area (Å²) in [5.41, 5.74) is 0. The SMILES string of the molecule is CN(C(=S)SSC(=S)N(C)[C@@H]1CCS(=O)(=O)C1)[C@@H]1CCS(=O)(=O)C1. The van der Waals surface area contributed by atoms with Gasteiger partial charge in [-0.1, -0.05) is 24.4 Å². The average molecular weight is 449 g/mol. The van der Waals surface area contributed by atoms with E-state index >= 15 is 0 Å². The average Bonchev–Trinajstić information content (AvgIpc) is 3.04. The van der Waals surface area contributed by atoms with Gasteiger partial charge in [0.2, 0.25) is 0 Å². The van der Waals surface area contributed by atoms with Gasteiger partial charge in [-0.15, -0.1) is 0 Å². The highest BCUT2D eigenvalue weighted by Crippen LogP contribution is 2.31. The fraction of sp³-hybridized carbons (Fsp3) is 0.833. The molecule has 2 saturated heterocycles. The maximum atomic E-state index is 11.6. The minimum Gasteiger partial charge on any atom is -0.356 e. The maximum absolute atomic E-state index is 11.6. The van der Waals surface area contributed by atoms with Crippen LogP contribution in [0.5, 0.6) is 0 Å². The Morgan fingerprint density at radius 3 is 1.42 bits per heavy atom. The maximum Gasteiger partial charge on any atom is 0.152 e. The summed E-state index contributed by atoms with van der Waals surface area (Å²) in [7, 11) is 0.335. The molecule has 2 heterocycles. The Labute approximate surface area is 162 Å². The Kier molecular flexibility index (Phi) is 6.85. The first-order chi connectivity index (χ1) is 11.0. The smallest absolute Gasteiger partial charge is 0.152 e. The van der Waals surface area contributed by atoms with E-state index in [4.69, 9.17) is 24.4 Å². The lowest BCUT2D eigenvalue weighted by Gasteiger charge is -2.27. The van der Waals surface area contributed by atoms with Gasteiger partial charge < -0.3 is 9.80 Å². The Bertz CT molecular complexity index is 658. The topological polar surface area (TPSA) is 74.8 Å². The minimum atomic E-state index is -2.95. The zero-order valence-electron chi connectivity index (χ0n) is 13.4. The van der Waals surface area contributed by atoms with Crippen molar-refractivity contribution in [1.82, 2.24) is 9.80 Å². The van der Waals surface area contributed by atoms with Crippen molar-refractivity contribution in [3.8, 4) is 0 Å². The zero-order chi connectivity index (χ0) is 18.1. The third-order valence-corrected chi connectivity index (χ3v) is 11.6. The molecule has 0 aromatic heterocycles. The van der Waals surface area contributed by atoms with Crippen molar-refractivity contribution in [3.63, 3.8) is 0 Å². The van der Waals surface area contributed by atoms with Crippen LogP contribution in [-0.4, -0.2) is 84.5 Å². The number of nitrogens with zero attached hydrogens (tertiary/aromatic N) is 2. The summed E-state index contributed by atoms with van der Waals surface area (Å²) in [6, 6.07) is -0.163. The standard InChI is InChI=1S/C12H20N2O4S6/c1-13(9-3-5-23(15,16)7-9)11(19)21-22-12(20)14(2)10-4-6-24(17,18)8-10/h9-10H,3-8H2,1-2H3/t9-,10-/m1/s1. The fourth-order valence-electron chi connectivity index (χ4n) is 2.65. The minimum absolute atomic E-state index is 0.0816. The van der Waals surface area contributed by atoms with E-state index in [1.165, 1.54) is 21.6 Å². The van der Waals surface area contributed by atoms with Crippen molar-refractivity contribution in [1.29, 1.82) is 0 Å². The van der Waals surface area contributed by atoms with Crippen molar-refractivity contribution in [3.05, 3.63) is 0 Å². The van der Waals surface area contributed by atoms with E-state index in [9.17, 15) is 16.8 Å². The molecule has 0 unspecified atom stereocenters. The molecular formula is C12H20N2O4S6. The van der Waals surface area contributed by atoms with Gasteiger partial charge in [-0.3, -0.25) is 0 Å². The fourth-order valence-corrected chi connectivity index (χ4v) is 8.92. The molecule has 0 aromatic rings. The van der Waals surface area contributed by atoms with Crippen LogP contribution >= 0.6 is 46.0 Å². The van der Waals surface area contributed by atoms with Crippen LogP contribution in [-0.2, 0) is 19.7 Å². The molecule has 0 bridgehead atoms. The Hall–Kier alpha value is 0.380. The Morgan fingerprint density at radius 1 is 0.833 bits per heavy atom. The van der Waals surface area contributed by atoms with Gasteiger partial charge in [0.15, 0.2) is 19.7 Å². The lowest BCUT2D eigenvalue weighted by molar-refractivity contribution is 0.409. The van der Waals surface area contributed by atoms with E-state index in [1.54, 1.807) is 14.1 Å². The van der Waals surface area contributed by atoms with Crippen molar-refractivity contribution in [2.24, 2.45) is 0 Å². The highest BCUT2D eigenvalue weighted by atomic mass is 33.1. The molecule has 6 nitrogen and oxygen atoms in total. The van der Waals surface area contributed by atoms with E-state index in [2.05, 4.69) is 0 Å². The molecule has 0 radical (unpaired) electrons. The van der Waals surface area contributed by atoms with E-state index in [1.807, 2.05) is 9.80 Å². The van der Waals surface area contributed by atoms with Crippen molar-refractivity contribution in [2.45, 2.75) is 24.9 Å². The molecule has 2 rings (SSSR count). The Morgan fingerprint density at radius 2 is 1.17 bits per heavy atom. The van der Waals surface area contributed by atoms with Crippen LogP contribution in [0.1, 0.15) is 12.8 Å². The summed E-state index contributed by atoms with van der Waals surface area (Å²) in [5, 5.41) is 0. The zero-order valence-corrected chi connectivity index (χ0v) is 18.3. The van der Waals surface area contributed by atoms with Gasteiger partial charge in [-0.25, -0.2) is 16.8 Å². The summed E-state index contributed by atoms with van der Waals surface area (Å²) in [5.74, 6) is 0.692. The molecular weight excluding hydrogens is 429 g/mol. The molecule has 0 amide bonds. The molecule has 2 atom stereocenters. The lowest BCUT2D eigenvalue weighted by Crippen LogP contribution is -2.36. The van der Waals surface area contributed by atoms with E-state index in [0.717, 1.165) is 0 Å². The molecule has 0 aromatic carbocycles. The molecule has 138 valence electrons. The van der Waals surface area contributed by atoms with Crippen LogP contribution < -0.4 is 0 Å². The number of rotatable bonds is 2. The van der Waals surface area contributed by atoms with Gasteiger partial charge >= 0.3 is 0 Å². The van der Waals surface area contributed by atoms with Gasteiger partial charge in [0.05, 0.1) is 23.0 Å². The van der Waals surface area contributed by atoms with Gasteiger partial charge in [0.1, 0.15) is 8.64 Å². The second-order valence-electron chi connectivity index (χ2n) is 6.03. The third-order valence-electron chi connectivity index (χ3n) is 4.27. The molecule has 12 heteroatoms. The number of hydrogen-bond acceptors (Lipinski definition) is 8. The van der Waals surface area contributed by atoms with Gasteiger partial charge in [-0.05, 0) is 34.4 Å². The predicted octanol–water partition coefficient (Wildman–Crippen LogP) is 1.18. The van der Waals surface area contributed by atoms with Crippen molar-refractivity contribution >= 4 is 74.3 Å². The Balaban J connectivity index is 1.82. The second-order valence-corrected chi connectivity index (χ2v) is 13.9. The van der Waals surface area contributed by atoms with Crippen molar-refractivity contribution in [2.75, 3.05) is 37.1 Å². The normalized spacial score (nSPS) is 27.8. The highest BCUT2D eigenvalue weighted by molar-refractivity contribution is 8.89. The van der Waals surface area contributed by atoms with Crippen LogP contribution in [0.2, 0.25) is 0 Å². The predicted molar refractivity (Wildman–Crippen MR) is 110 cm³/mol. The molecule has 0 saturated carbocycles. The molecule has 0 N–H and O–H groups in total. The van der Waals surface area contributed by atoms with E-state index in [-0.39, 0.29) is 35.1 Å². The molecule has 24 heavy (non-hydrogen) atoms. The molecule has 2 aliphatic heterocycles. The van der Waals surface area contributed by atoms with Crippen LogP contribution in [0.25, 0.3) is 0 Å². The van der Waals surface area contributed by atoms with Gasteiger partial charge in [-0.2, -0.15) is 0 Å². The number of thiocarbonyl (C=S) groups is 2. The summed E-state index contributed by atoms with van der Waals surface area (Å²) in [6.07, 6.45) is 1.18. The van der Waals surface area contributed by atoms with E-state index in [0.29, 0.717) is 21.5 Å². The highest BCUT2D eigenvalue weighted by Gasteiger charge is 2.33. The lowest BCUT2D eigenvalue weighted by atomic mass is 10.2.